The first-order valence-electron chi connectivity index (χ1n) is 4.08. The van der Waals surface area contributed by atoms with Gasteiger partial charge in [-0.2, -0.15) is 13.2 Å². The molecular formula is C10H6ClF3O2. The summed E-state index contributed by atoms with van der Waals surface area (Å²) in [6, 6.07) is 3.02. The third-order valence-corrected chi connectivity index (χ3v) is 2.03. The van der Waals surface area contributed by atoms with Gasteiger partial charge in [0.15, 0.2) is 0 Å². The van der Waals surface area contributed by atoms with Crippen LogP contribution in [-0.4, -0.2) is 11.1 Å². The van der Waals surface area contributed by atoms with E-state index in [0.717, 1.165) is 30.4 Å². The molecule has 0 aromatic heterocycles. The molecular weight excluding hydrogens is 245 g/mol. The van der Waals surface area contributed by atoms with Crippen molar-refractivity contribution in [3.8, 4) is 0 Å². The highest BCUT2D eigenvalue weighted by atomic mass is 35.5. The molecule has 2 nitrogen and oxygen atoms in total. The van der Waals surface area contributed by atoms with Crippen molar-refractivity contribution in [1.29, 1.82) is 0 Å². The molecule has 0 saturated carbocycles. The summed E-state index contributed by atoms with van der Waals surface area (Å²) in [7, 11) is 0. The van der Waals surface area contributed by atoms with Gasteiger partial charge >= 0.3 is 12.1 Å². The minimum Gasteiger partial charge on any atom is -0.478 e. The first kappa shape index (κ1) is 12.6. The number of hydrogen-bond acceptors (Lipinski definition) is 1. The number of carbonyl (C=O) groups is 1. The first-order valence-corrected chi connectivity index (χ1v) is 4.46. The molecule has 1 aromatic carbocycles. The van der Waals surface area contributed by atoms with Crippen LogP contribution < -0.4 is 0 Å². The molecule has 0 unspecified atom stereocenters. The zero-order valence-electron chi connectivity index (χ0n) is 7.75. The molecule has 1 N–H and O–H groups in total. The monoisotopic (exact) mass is 250 g/mol. The van der Waals surface area contributed by atoms with E-state index in [1.807, 2.05) is 0 Å². The Morgan fingerprint density at radius 2 is 2.00 bits per heavy atom. The van der Waals surface area contributed by atoms with Gasteiger partial charge < -0.3 is 5.11 Å². The van der Waals surface area contributed by atoms with Crippen LogP contribution in [0.15, 0.2) is 24.3 Å². The van der Waals surface area contributed by atoms with E-state index in [1.54, 1.807) is 0 Å². The number of rotatable bonds is 2. The number of halogens is 4. The lowest BCUT2D eigenvalue weighted by molar-refractivity contribution is -0.137. The molecule has 0 bridgehead atoms. The lowest BCUT2D eigenvalue weighted by atomic mass is 10.1. The van der Waals surface area contributed by atoms with Gasteiger partial charge in [-0.25, -0.2) is 4.79 Å². The molecule has 0 saturated heterocycles. The number of alkyl halides is 3. The molecule has 0 aliphatic heterocycles. The van der Waals surface area contributed by atoms with Crippen molar-refractivity contribution >= 4 is 23.6 Å². The Labute approximate surface area is 94.0 Å². The molecule has 1 rings (SSSR count). The predicted octanol–water partition coefficient (Wildman–Crippen LogP) is 3.46. The Hall–Kier alpha value is -1.49. The third-order valence-electron chi connectivity index (χ3n) is 1.72. The summed E-state index contributed by atoms with van der Waals surface area (Å²) in [6.07, 6.45) is -2.53. The van der Waals surface area contributed by atoms with Gasteiger partial charge in [0.2, 0.25) is 0 Å². The smallest absolute Gasteiger partial charge is 0.417 e. The number of carboxylic acid groups (broad SMARTS) is 1. The zero-order valence-corrected chi connectivity index (χ0v) is 8.51. The summed E-state index contributed by atoms with van der Waals surface area (Å²) in [5, 5.41) is 7.87. The predicted molar refractivity (Wildman–Crippen MR) is 53.1 cm³/mol. The van der Waals surface area contributed by atoms with Crippen LogP contribution in [0.5, 0.6) is 0 Å². The SMILES string of the molecule is O=C(O)C=Cc1ccc(C(F)(F)F)c(Cl)c1. The maximum atomic E-state index is 12.3. The van der Waals surface area contributed by atoms with Gasteiger partial charge in [0.1, 0.15) is 0 Å². The second kappa shape index (κ2) is 4.57. The Balaban J connectivity index is 3.05. The molecule has 0 spiro atoms. The second-order valence-electron chi connectivity index (χ2n) is 2.91. The number of aliphatic carboxylic acids is 1. The maximum absolute atomic E-state index is 12.3. The number of benzene rings is 1. The summed E-state index contributed by atoms with van der Waals surface area (Å²) in [4.78, 5) is 10.2. The maximum Gasteiger partial charge on any atom is 0.417 e. The highest BCUT2D eigenvalue weighted by molar-refractivity contribution is 6.31. The summed E-state index contributed by atoms with van der Waals surface area (Å²) in [5.41, 5.74) is -0.651. The van der Waals surface area contributed by atoms with Crippen LogP contribution in [0.3, 0.4) is 0 Å². The Kier molecular flexibility index (Phi) is 3.59. The van der Waals surface area contributed by atoms with E-state index >= 15 is 0 Å². The van der Waals surface area contributed by atoms with Crippen LogP contribution in [0.4, 0.5) is 13.2 Å². The van der Waals surface area contributed by atoms with Crippen molar-refractivity contribution in [2.75, 3.05) is 0 Å². The summed E-state index contributed by atoms with van der Waals surface area (Å²) < 4.78 is 36.9. The van der Waals surface area contributed by atoms with Gasteiger partial charge in [-0.3, -0.25) is 0 Å². The minimum absolute atomic E-state index is 0.292. The number of carboxylic acids is 1. The van der Waals surface area contributed by atoms with E-state index in [4.69, 9.17) is 16.7 Å². The van der Waals surface area contributed by atoms with Gasteiger partial charge in [0, 0.05) is 6.08 Å². The van der Waals surface area contributed by atoms with Crippen molar-refractivity contribution in [1.82, 2.24) is 0 Å². The Bertz CT molecular complexity index is 438. The fraction of sp³-hybridized carbons (Fsp3) is 0.100. The molecule has 0 heterocycles. The average Bonchev–Trinajstić information content (AvgIpc) is 2.12. The minimum atomic E-state index is -4.51. The fourth-order valence-electron chi connectivity index (χ4n) is 1.03. The lowest BCUT2D eigenvalue weighted by Crippen LogP contribution is -2.05. The highest BCUT2D eigenvalue weighted by Crippen LogP contribution is 2.35. The molecule has 86 valence electrons. The highest BCUT2D eigenvalue weighted by Gasteiger charge is 2.32. The summed E-state index contributed by atoms with van der Waals surface area (Å²) >= 11 is 5.43. The molecule has 6 heteroatoms. The van der Waals surface area contributed by atoms with Crippen LogP contribution >= 0.6 is 11.6 Å². The molecule has 0 aliphatic rings. The summed E-state index contributed by atoms with van der Waals surface area (Å²) in [6.45, 7) is 0. The van der Waals surface area contributed by atoms with E-state index in [-0.39, 0.29) is 0 Å². The quantitative estimate of drug-likeness (QED) is 0.816. The average molecular weight is 251 g/mol. The van der Waals surface area contributed by atoms with Crippen molar-refractivity contribution in [2.45, 2.75) is 6.18 Å². The molecule has 0 amide bonds. The zero-order chi connectivity index (χ0) is 12.3. The van der Waals surface area contributed by atoms with Crippen molar-refractivity contribution in [2.24, 2.45) is 0 Å². The van der Waals surface area contributed by atoms with Gasteiger partial charge in [-0.05, 0) is 23.8 Å². The lowest BCUT2D eigenvalue weighted by Gasteiger charge is -2.08. The fourth-order valence-corrected chi connectivity index (χ4v) is 1.33. The molecule has 0 atom stereocenters. The second-order valence-corrected chi connectivity index (χ2v) is 3.32. The topological polar surface area (TPSA) is 37.3 Å². The van der Waals surface area contributed by atoms with Gasteiger partial charge in [0.25, 0.3) is 0 Å². The van der Waals surface area contributed by atoms with Crippen molar-refractivity contribution < 1.29 is 23.1 Å². The van der Waals surface area contributed by atoms with Gasteiger partial charge in [-0.1, -0.05) is 17.7 Å². The van der Waals surface area contributed by atoms with E-state index in [2.05, 4.69) is 0 Å². The van der Waals surface area contributed by atoms with Crippen LogP contribution in [-0.2, 0) is 11.0 Å². The van der Waals surface area contributed by atoms with Crippen LogP contribution in [0.1, 0.15) is 11.1 Å². The van der Waals surface area contributed by atoms with E-state index in [9.17, 15) is 18.0 Å². The molecule has 1 aromatic rings. The van der Waals surface area contributed by atoms with E-state index < -0.39 is 22.7 Å². The molecule has 0 aliphatic carbocycles. The Morgan fingerprint density at radius 3 is 2.44 bits per heavy atom. The van der Waals surface area contributed by atoms with E-state index in [1.165, 1.54) is 0 Å². The normalized spacial score (nSPS) is 12.0. The van der Waals surface area contributed by atoms with Crippen LogP contribution in [0, 0.1) is 0 Å². The van der Waals surface area contributed by atoms with Crippen molar-refractivity contribution in [3.63, 3.8) is 0 Å². The molecule has 0 radical (unpaired) electrons. The standard InChI is InChI=1S/C10H6ClF3O2/c11-8-5-6(2-4-9(15)16)1-3-7(8)10(12,13)14/h1-5H,(H,15,16). The van der Waals surface area contributed by atoms with Crippen LogP contribution in [0.2, 0.25) is 5.02 Å². The third kappa shape index (κ3) is 3.27. The van der Waals surface area contributed by atoms with Gasteiger partial charge in [-0.15, -0.1) is 0 Å². The molecule has 0 fully saturated rings. The first-order chi connectivity index (χ1) is 7.30. The van der Waals surface area contributed by atoms with E-state index in [0.29, 0.717) is 5.56 Å². The van der Waals surface area contributed by atoms with Crippen molar-refractivity contribution in [3.05, 3.63) is 40.4 Å². The molecule has 16 heavy (non-hydrogen) atoms. The van der Waals surface area contributed by atoms with Gasteiger partial charge in [0.05, 0.1) is 10.6 Å². The largest absolute Gasteiger partial charge is 0.478 e. The number of hydrogen-bond donors (Lipinski definition) is 1. The Morgan fingerprint density at radius 1 is 1.38 bits per heavy atom. The summed E-state index contributed by atoms with van der Waals surface area (Å²) in [5.74, 6) is -1.18. The van der Waals surface area contributed by atoms with Crippen LogP contribution in [0.25, 0.3) is 6.08 Å².